The maximum atomic E-state index is 15.3. The first kappa shape index (κ1) is 36.2. The Balaban J connectivity index is 1.31. The summed E-state index contributed by atoms with van der Waals surface area (Å²) in [6, 6.07) is 7.12. The van der Waals surface area contributed by atoms with E-state index in [0.717, 1.165) is 86.9 Å². The highest BCUT2D eigenvalue weighted by atomic mass is 79.9. The zero-order valence-electron chi connectivity index (χ0n) is 29.0. The molecule has 0 unspecified atom stereocenters. The second kappa shape index (κ2) is 15.7. The van der Waals surface area contributed by atoms with Crippen LogP contribution < -0.4 is 34.0 Å². The molecule has 0 saturated carbocycles. The quantitative estimate of drug-likeness (QED) is 0.344. The molecule has 13 nitrogen and oxygen atoms in total. The minimum Gasteiger partial charge on any atom is -0.494 e. The van der Waals surface area contributed by atoms with E-state index in [1.807, 2.05) is 12.1 Å². The molecule has 50 heavy (non-hydrogen) atoms. The van der Waals surface area contributed by atoms with Gasteiger partial charge in [-0.1, -0.05) is 0 Å². The van der Waals surface area contributed by atoms with Crippen molar-refractivity contribution in [3.8, 4) is 17.2 Å². The lowest BCUT2D eigenvalue weighted by Gasteiger charge is -2.42. The lowest BCUT2D eigenvalue weighted by Crippen LogP contribution is -2.52. The molecule has 3 aromatic rings. The van der Waals surface area contributed by atoms with E-state index in [1.54, 1.807) is 13.3 Å². The molecule has 4 aliphatic rings. The number of likely N-dealkylation sites (N-methyl/N-ethyl adjacent to an activating group) is 1. The van der Waals surface area contributed by atoms with Crippen molar-refractivity contribution >= 4 is 60.5 Å². The number of hydrogen-bond donors (Lipinski definition) is 2. The van der Waals surface area contributed by atoms with Crippen LogP contribution in [0.25, 0.3) is 0 Å². The molecule has 2 N–H and O–H groups in total. The van der Waals surface area contributed by atoms with E-state index in [1.165, 1.54) is 19.2 Å². The average molecular weight is 778 g/mol. The first-order chi connectivity index (χ1) is 24.0. The molecule has 1 aromatic heterocycles. The summed E-state index contributed by atoms with van der Waals surface area (Å²) in [5.74, 6) is 1.19. The van der Waals surface area contributed by atoms with Gasteiger partial charge in [-0.05, 0) is 55.1 Å². The Morgan fingerprint density at radius 3 is 2.34 bits per heavy atom. The van der Waals surface area contributed by atoms with Gasteiger partial charge in [0.1, 0.15) is 17.3 Å². The topological polar surface area (TPSA) is 125 Å². The highest BCUT2D eigenvalue weighted by Crippen LogP contribution is 2.42. The van der Waals surface area contributed by atoms with Crippen molar-refractivity contribution in [3.63, 3.8) is 0 Å². The molecule has 0 spiro atoms. The second-order valence-electron chi connectivity index (χ2n) is 13.0. The fourth-order valence-corrected chi connectivity index (χ4v) is 7.34. The molecule has 6 bridgehead atoms. The summed E-state index contributed by atoms with van der Waals surface area (Å²) in [7, 11) is 1.52. The van der Waals surface area contributed by atoms with Crippen LogP contribution >= 0.6 is 15.9 Å². The summed E-state index contributed by atoms with van der Waals surface area (Å²) in [5.41, 5.74) is 1.98. The van der Waals surface area contributed by atoms with E-state index in [-0.39, 0.29) is 35.5 Å². The molecule has 0 radical (unpaired) electrons. The first-order valence-electron chi connectivity index (χ1n) is 17.0. The van der Waals surface area contributed by atoms with Crippen molar-refractivity contribution in [1.29, 1.82) is 0 Å². The van der Waals surface area contributed by atoms with Crippen LogP contribution in [-0.4, -0.2) is 114 Å². The molecule has 2 aromatic carbocycles. The number of sulfonamides is 1. The van der Waals surface area contributed by atoms with Gasteiger partial charge in [-0.3, -0.25) is 9.21 Å². The molecule has 0 aliphatic carbocycles. The van der Waals surface area contributed by atoms with Gasteiger partial charge in [0.25, 0.3) is 0 Å². The lowest BCUT2D eigenvalue weighted by atomic mass is 10.0. The third-order valence-electron chi connectivity index (χ3n) is 9.57. The zero-order valence-corrected chi connectivity index (χ0v) is 31.4. The monoisotopic (exact) mass is 776 g/mol. The van der Waals surface area contributed by atoms with Gasteiger partial charge in [0.15, 0.2) is 11.6 Å². The van der Waals surface area contributed by atoms with Crippen LogP contribution in [0.4, 0.5) is 38.9 Å². The molecule has 0 amide bonds. The molecular formula is C34H46BrFN8O5S. The van der Waals surface area contributed by atoms with Crippen LogP contribution in [0.2, 0.25) is 0 Å². The van der Waals surface area contributed by atoms with Gasteiger partial charge in [-0.2, -0.15) is 4.98 Å². The maximum Gasteiger partial charge on any atom is 0.232 e. The van der Waals surface area contributed by atoms with Gasteiger partial charge >= 0.3 is 0 Å². The molecule has 5 heterocycles. The standard InChI is InChI=1S/C34H46BrFN8O5S/c1-41-12-14-43(15-13-41)23-8-10-44(11-9-23)29-21-31(47-3)27-19-32(29)49-17-7-5-6-16-48-30-20-28(42(2)50(4,45)46)26(18-25(30)36)38-33-24(35)22-37-34(39-27)40-33/h18-23H,5-17H2,1-4H3,(H2,37,38,39,40). The third kappa shape index (κ3) is 8.46. The minimum atomic E-state index is -3.69. The van der Waals surface area contributed by atoms with Gasteiger partial charge in [-0.25, -0.2) is 17.8 Å². The summed E-state index contributed by atoms with van der Waals surface area (Å²) in [5, 5.41) is 6.37. The van der Waals surface area contributed by atoms with Crippen molar-refractivity contribution in [2.24, 2.45) is 0 Å². The van der Waals surface area contributed by atoms with E-state index >= 15 is 4.39 Å². The normalized spacial score (nSPS) is 18.5. The number of piperazine rings is 1. The van der Waals surface area contributed by atoms with Gasteiger partial charge in [0.05, 0.1) is 53.8 Å². The number of nitrogens with zero attached hydrogens (tertiary/aromatic N) is 6. The van der Waals surface area contributed by atoms with Gasteiger partial charge < -0.3 is 34.6 Å². The van der Waals surface area contributed by atoms with Gasteiger partial charge in [-0.15, -0.1) is 0 Å². The number of fused-ring (bicyclic) bond motifs is 8. The van der Waals surface area contributed by atoms with Crippen LogP contribution in [0.1, 0.15) is 32.1 Å². The number of hydrogen-bond acceptors (Lipinski definition) is 12. The summed E-state index contributed by atoms with van der Waals surface area (Å²) in [4.78, 5) is 16.5. The van der Waals surface area contributed by atoms with Crippen molar-refractivity contribution in [2.75, 3.05) is 99.8 Å². The molecule has 272 valence electrons. The van der Waals surface area contributed by atoms with Crippen LogP contribution in [0.5, 0.6) is 17.2 Å². The Morgan fingerprint density at radius 2 is 1.66 bits per heavy atom. The molecule has 0 atom stereocenters. The van der Waals surface area contributed by atoms with Crippen molar-refractivity contribution in [3.05, 3.63) is 40.8 Å². The summed E-state index contributed by atoms with van der Waals surface area (Å²) >= 11 is 3.47. The van der Waals surface area contributed by atoms with Gasteiger partial charge in [0, 0.05) is 82.8 Å². The fourth-order valence-electron chi connectivity index (χ4n) is 6.54. The fraction of sp³-hybridized carbons (Fsp3) is 0.529. The van der Waals surface area contributed by atoms with E-state index in [9.17, 15) is 8.42 Å². The summed E-state index contributed by atoms with van der Waals surface area (Å²) < 4.78 is 60.1. The predicted octanol–water partition coefficient (Wildman–Crippen LogP) is 5.43. The van der Waals surface area contributed by atoms with E-state index in [2.05, 4.69) is 58.3 Å². The van der Waals surface area contributed by atoms with E-state index in [0.29, 0.717) is 35.0 Å². The van der Waals surface area contributed by atoms with Crippen molar-refractivity contribution in [1.82, 2.24) is 19.8 Å². The number of benzene rings is 2. The Bertz CT molecular complexity index is 1770. The number of methoxy groups -OCH3 is 1. The first-order valence-corrected chi connectivity index (χ1v) is 19.6. The summed E-state index contributed by atoms with van der Waals surface area (Å²) in [6.07, 6.45) is 7.01. The largest absolute Gasteiger partial charge is 0.494 e. The number of piperidine rings is 1. The third-order valence-corrected chi connectivity index (χ3v) is 11.3. The molecular weight excluding hydrogens is 731 g/mol. The molecule has 2 fully saturated rings. The summed E-state index contributed by atoms with van der Waals surface area (Å²) in [6.45, 7) is 7.02. The molecule has 2 saturated heterocycles. The van der Waals surface area contributed by atoms with Crippen molar-refractivity contribution < 1.29 is 27.0 Å². The Morgan fingerprint density at radius 1 is 0.960 bits per heavy atom. The zero-order chi connectivity index (χ0) is 35.4. The van der Waals surface area contributed by atoms with Crippen LogP contribution in [0.3, 0.4) is 0 Å². The Kier molecular flexibility index (Phi) is 11.4. The van der Waals surface area contributed by atoms with Crippen molar-refractivity contribution in [2.45, 2.75) is 38.1 Å². The molecule has 4 aliphatic heterocycles. The maximum absolute atomic E-state index is 15.3. The van der Waals surface area contributed by atoms with E-state index in [4.69, 9.17) is 14.2 Å². The number of rotatable bonds is 5. The smallest absolute Gasteiger partial charge is 0.232 e. The highest BCUT2D eigenvalue weighted by Gasteiger charge is 2.29. The SMILES string of the molecule is COc1cc(N2CCC(N3CCN(C)CC3)CC2)c2cc1Nc1ncc(Br)c(n1)Nc1cc(F)c(cc1N(C)S(C)(=O)=O)OCCCCCO2. The highest BCUT2D eigenvalue weighted by molar-refractivity contribution is 9.10. The number of anilines is 6. The number of halogens is 2. The lowest BCUT2D eigenvalue weighted by molar-refractivity contribution is 0.0981. The molecule has 16 heteroatoms. The van der Waals surface area contributed by atoms with E-state index < -0.39 is 15.8 Å². The predicted molar refractivity (Wildman–Crippen MR) is 198 cm³/mol. The van der Waals surface area contributed by atoms with Crippen LogP contribution in [0.15, 0.2) is 34.9 Å². The second-order valence-corrected chi connectivity index (χ2v) is 15.9. The van der Waals surface area contributed by atoms with Crippen LogP contribution in [-0.2, 0) is 10.0 Å². The Labute approximate surface area is 302 Å². The molecule has 7 rings (SSSR count). The van der Waals surface area contributed by atoms with Gasteiger partial charge in [0.2, 0.25) is 16.0 Å². The average Bonchev–Trinajstić information content (AvgIpc) is 3.09. The number of aromatic nitrogens is 2. The van der Waals surface area contributed by atoms with Crippen LogP contribution in [0, 0.1) is 5.82 Å². The Hall–Kier alpha value is -3.60. The minimum absolute atomic E-state index is 0.0384. The number of nitrogens with one attached hydrogen (secondary N) is 2. The number of ether oxygens (including phenoxy) is 3.